The van der Waals surface area contributed by atoms with Crippen molar-refractivity contribution >= 4 is 0 Å². The first-order chi connectivity index (χ1) is 8.10. The predicted molar refractivity (Wildman–Crippen MR) is 63.3 cm³/mol. The molecule has 6 heteroatoms. The lowest BCUT2D eigenvalue weighted by atomic mass is 10.2. The number of hydrogen-bond acceptors (Lipinski definition) is 5. The van der Waals surface area contributed by atoms with E-state index in [-0.39, 0.29) is 6.04 Å². The molecule has 2 aromatic rings. The van der Waals surface area contributed by atoms with Gasteiger partial charge in [0.05, 0.1) is 5.69 Å². The van der Waals surface area contributed by atoms with Gasteiger partial charge in [-0.1, -0.05) is 5.16 Å². The summed E-state index contributed by atoms with van der Waals surface area (Å²) >= 11 is 0. The van der Waals surface area contributed by atoms with Crippen LogP contribution in [0, 0.1) is 6.92 Å². The molecule has 1 unspecified atom stereocenters. The molecule has 0 aromatic carbocycles. The maximum absolute atomic E-state index is 5.69. The van der Waals surface area contributed by atoms with Crippen LogP contribution in [0.5, 0.6) is 0 Å². The number of nitrogens with two attached hydrogens (primary N) is 1. The molecule has 0 aliphatic carbocycles. The molecule has 17 heavy (non-hydrogen) atoms. The minimum Gasteiger partial charge on any atom is -0.332 e. The van der Waals surface area contributed by atoms with E-state index in [2.05, 4.69) is 15.2 Å². The van der Waals surface area contributed by atoms with Crippen LogP contribution < -0.4 is 5.73 Å². The van der Waals surface area contributed by atoms with E-state index in [4.69, 9.17) is 10.3 Å². The van der Waals surface area contributed by atoms with Gasteiger partial charge < -0.3 is 10.3 Å². The normalized spacial score (nSPS) is 12.9. The number of hydrogen-bond donors (Lipinski definition) is 1. The summed E-state index contributed by atoms with van der Waals surface area (Å²) in [5.41, 5.74) is 7.49. The van der Waals surface area contributed by atoms with Gasteiger partial charge in [0.1, 0.15) is 5.69 Å². The van der Waals surface area contributed by atoms with Crippen molar-refractivity contribution in [3.05, 3.63) is 17.6 Å². The van der Waals surface area contributed by atoms with Crippen LogP contribution in [0.4, 0.5) is 0 Å². The maximum Gasteiger partial charge on any atom is 0.276 e. The van der Waals surface area contributed by atoms with Crippen LogP contribution in [0.2, 0.25) is 0 Å². The first-order valence-corrected chi connectivity index (χ1v) is 5.73. The molecule has 0 saturated heterocycles. The molecule has 0 saturated carbocycles. The molecule has 6 nitrogen and oxygen atoms in total. The van der Waals surface area contributed by atoms with Crippen molar-refractivity contribution in [2.24, 2.45) is 5.73 Å². The number of nitrogens with zero attached hydrogens (tertiary/aromatic N) is 4. The number of aromatic nitrogens is 4. The Kier molecular flexibility index (Phi) is 3.23. The second kappa shape index (κ2) is 4.67. The highest BCUT2D eigenvalue weighted by Crippen LogP contribution is 2.18. The highest BCUT2D eigenvalue weighted by atomic mass is 16.5. The van der Waals surface area contributed by atoms with Gasteiger partial charge in [0.2, 0.25) is 0 Å². The van der Waals surface area contributed by atoms with Crippen molar-refractivity contribution in [2.45, 2.75) is 39.8 Å². The Morgan fingerprint density at radius 3 is 2.94 bits per heavy atom. The van der Waals surface area contributed by atoms with Crippen LogP contribution in [-0.4, -0.2) is 26.0 Å². The Labute approximate surface area is 99.8 Å². The lowest BCUT2D eigenvalue weighted by Gasteiger charge is -1.98. The van der Waals surface area contributed by atoms with Gasteiger partial charge in [0.25, 0.3) is 5.89 Å². The van der Waals surface area contributed by atoms with E-state index in [9.17, 15) is 0 Å². The van der Waals surface area contributed by atoms with Crippen molar-refractivity contribution in [3.63, 3.8) is 0 Å². The minimum atomic E-state index is 0.0262. The smallest absolute Gasteiger partial charge is 0.276 e. The Hall–Kier alpha value is -1.69. The maximum atomic E-state index is 5.69. The molecule has 0 fully saturated rings. The zero-order valence-electron chi connectivity index (χ0n) is 10.3. The van der Waals surface area contributed by atoms with Gasteiger partial charge in [0, 0.05) is 19.0 Å². The lowest BCUT2D eigenvalue weighted by Crippen LogP contribution is -2.18. The highest BCUT2D eigenvalue weighted by Gasteiger charge is 2.14. The fourth-order valence-corrected chi connectivity index (χ4v) is 1.69. The molecule has 0 aliphatic rings. The molecule has 0 aliphatic heterocycles. The molecule has 2 N–H and O–H groups in total. The lowest BCUT2D eigenvalue weighted by molar-refractivity contribution is 0.416. The van der Waals surface area contributed by atoms with Gasteiger partial charge in [-0.05, 0) is 26.8 Å². The quantitative estimate of drug-likeness (QED) is 0.859. The molecule has 0 radical (unpaired) electrons. The van der Waals surface area contributed by atoms with Gasteiger partial charge in [0.15, 0.2) is 5.82 Å². The van der Waals surface area contributed by atoms with Gasteiger partial charge >= 0.3 is 0 Å². The molecule has 2 rings (SSSR count). The van der Waals surface area contributed by atoms with Crippen molar-refractivity contribution in [2.75, 3.05) is 0 Å². The van der Waals surface area contributed by atoms with Crippen LogP contribution in [-0.2, 0) is 13.0 Å². The van der Waals surface area contributed by atoms with Gasteiger partial charge in [-0.3, -0.25) is 4.68 Å². The fraction of sp³-hybridized carbons (Fsp3) is 0.545. The largest absolute Gasteiger partial charge is 0.332 e. The first kappa shape index (κ1) is 11.8. The fourth-order valence-electron chi connectivity index (χ4n) is 1.69. The van der Waals surface area contributed by atoms with Crippen molar-refractivity contribution in [3.8, 4) is 11.6 Å². The summed E-state index contributed by atoms with van der Waals surface area (Å²) in [5.74, 6) is 1.14. The second-order valence-corrected chi connectivity index (χ2v) is 4.18. The average molecular weight is 235 g/mol. The predicted octanol–water partition coefficient (Wildman–Crippen LogP) is 1.15. The van der Waals surface area contributed by atoms with Crippen molar-refractivity contribution in [1.29, 1.82) is 0 Å². The van der Waals surface area contributed by atoms with Crippen molar-refractivity contribution < 1.29 is 4.52 Å². The van der Waals surface area contributed by atoms with Gasteiger partial charge in [-0.25, -0.2) is 0 Å². The third-order valence-electron chi connectivity index (χ3n) is 2.39. The first-order valence-electron chi connectivity index (χ1n) is 5.73. The van der Waals surface area contributed by atoms with E-state index >= 15 is 0 Å². The Bertz CT molecular complexity index is 500. The molecule has 0 amide bonds. The Morgan fingerprint density at radius 1 is 1.53 bits per heavy atom. The van der Waals surface area contributed by atoms with E-state index in [0.717, 1.165) is 17.9 Å². The van der Waals surface area contributed by atoms with Crippen LogP contribution in [0.15, 0.2) is 10.6 Å². The summed E-state index contributed by atoms with van der Waals surface area (Å²) in [6.07, 6.45) is 0.614. The highest BCUT2D eigenvalue weighted by molar-refractivity contribution is 5.47. The van der Waals surface area contributed by atoms with E-state index in [1.807, 2.05) is 31.5 Å². The molecule has 0 spiro atoms. The van der Waals surface area contributed by atoms with Crippen LogP contribution >= 0.6 is 0 Å². The second-order valence-electron chi connectivity index (χ2n) is 4.18. The molecule has 2 aromatic heterocycles. The summed E-state index contributed by atoms with van der Waals surface area (Å²) in [7, 11) is 0. The molecule has 2 heterocycles. The Morgan fingerprint density at radius 2 is 2.29 bits per heavy atom. The topological polar surface area (TPSA) is 82.8 Å². The number of rotatable bonds is 4. The summed E-state index contributed by atoms with van der Waals surface area (Å²) < 4.78 is 7.08. The van der Waals surface area contributed by atoms with E-state index in [1.54, 1.807) is 0 Å². The summed E-state index contributed by atoms with van der Waals surface area (Å²) in [6.45, 7) is 6.65. The summed E-state index contributed by atoms with van der Waals surface area (Å²) in [5, 5.41) is 8.25. The van der Waals surface area contributed by atoms with Crippen LogP contribution in [0.3, 0.4) is 0 Å². The van der Waals surface area contributed by atoms with Crippen LogP contribution in [0.1, 0.15) is 25.4 Å². The van der Waals surface area contributed by atoms with Crippen LogP contribution in [0.25, 0.3) is 11.6 Å². The molecule has 92 valence electrons. The summed E-state index contributed by atoms with van der Waals surface area (Å²) in [4.78, 5) is 4.32. The van der Waals surface area contributed by atoms with E-state index < -0.39 is 0 Å². The minimum absolute atomic E-state index is 0.0262. The van der Waals surface area contributed by atoms with E-state index in [0.29, 0.717) is 18.1 Å². The van der Waals surface area contributed by atoms with Gasteiger partial charge in [-0.15, -0.1) is 0 Å². The third-order valence-corrected chi connectivity index (χ3v) is 2.39. The van der Waals surface area contributed by atoms with Crippen molar-refractivity contribution in [1.82, 2.24) is 19.9 Å². The summed E-state index contributed by atoms with van der Waals surface area (Å²) in [6, 6.07) is 1.96. The molecular weight excluding hydrogens is 218 g/mol. The third kappa shape index (κ3) is 2.52. The number of aryl methyl sites for hydroxylation is 2. The molecular formula is C11H17N5O. The Balaban J connectivity index is 2.29. The zero-order valence-corrected chi connectivity index (χ0v) is 10.3. The molecule has 0 bridgehead atoms. The monoisotopic (exact) mass is 235 g/mol. The standard InChI is InChI=1S/C11H17N5O/c1-4-16-9(6-8(3)14-16)11-13-10(15-17-11)5-7(2)12/h6-7H,4-5,12H2,1-3H3. The van der Waals surface area contributed by atoms with E-state index in [1.165, 1.54) is 0 Å². The zero-order chi connectivity index (χ0) is 12.4. The van der Waals surface area contributed by atoms with Gasteiger partial charge in [-0.2, -0.15) is 10.1 Å². The average Bonchev–Trinajstić information content (AvgIpc) is 2.83. The molecule has 1 atom stereocenters. The SMILES string of the molecule is CCn1nc(C)cc1-c1nc(CC(C)N)no1.